The van der Waals surface area contributed by atoms with E-state index >= 15 is 0 Å². The van der Waals surface area contributed by atoms with Crippen molar-refractivity contribution in [2.75, 3.05) is 49.1 Å². The van der Waals surface area contributed by atoms with Crippen LogP contribution in [0, 0.1) is 11.7 Å². The third-order valence-corrected chi connectivity index (χ3v) is 7.98. The van der Waals surface area contributed by atoms with E-state index in [9.17, 15) is 9.18 Å². The monoisotopic (exact) mass is 490 g/mol. The largest absolute Gasteiger partial charge is 0.368 e. The van der Waals surface area contributed by atoms with Crippen molar-refractivity contribution >= 4 is 33.0 Å². The molecule has 0 radical (unpaired) electrons. The highest BCUT2D eigenvalue weighted by atomic mass is 32.1. The lowest BCUT2D eigenvalue weighted by Crippen LogP contribution is -2.51. The molecule has 2 saturated heterocycles. The van der Waals surface area contributed by atoms with Crippen molar-refractivity contribution in [2.45, 2.75) is 12.8 Å². The highest BCUT2D eigenvalue weighted by Gasteiger charge is 2.31. The van der Waals surface area contributed by atoms with Crippen LogP contribution in [-0.4, -0.2) is 64.7 Å². The summed E-state index contributed by atoms with van der Waals surface area (Å²) in [6.45, 7) is 4.98. The first kappa shape index (κ1) is 22.0. The van der Waals surface area contributed by atoms with Crippen molar-refractivity contribution in [3.63, 3.8) is 0 Å². The average Bonchev–Trinajstić information content (AvgIpc) is 3.49. The first-order chi connectivity index (χ1) is 17.1. The summed E-state index contributed by atoms with van der Waals surface area (Å²) in [5.74, 6) is 0.130. The quantitative estimate of drug-likeness (QED) is 0.430. The molecule has 2 aliphatic heterocycles. The lowest BCUT2D eigenvalue weighted by Gasteiger charge is -2.39. The van der Waals surface area contributed by atoms with Gasteiger partial charge in [-0.2, -0.15) is 0 Å². The van der Waals surface area contributed by atoms with Gasteiger partial charge in [0.05, 0.1) is 11.9 Å². The Morgan fingerprint density at radius 2 is 1.60 bits per heavy atom. The smallest absolute Gasteiger partial charge is 0.225 e. The molecular formula is C26H27FN6OS. The number of fused-ring (bicyclic) bond motifs is 1. The Morgan fingerprint density at radius 3 is 2.29 bits per heavy atom. The van der Waals surface area contributed by atoms with Crippen LogP contribution in [0.5, 0.6) is 0 Å². The van der Waals surface area contributed by atoms with E-state index in [0.29, 0.717) is 5.91 Å². The van der Waals surface area contributed by atoms with Gasteiger partial charge < -0.3 is 14.7 Å². The van der Waals surface area contributed by atoms with Crippen molar-refractivity contribution in [2.24, 2.45) is 5.92 Å². The summed E-state index contributed by atoms with van der Waals surface area (Å²) in [6, 6.07) is 16.8. The maximum absolute atomic E-state index is 13.2. The molecule has 180 valence electrons. The third kappa shape index (κ3) is 4.48. The van der Waals surface area contributed by atoms with Crippen molar-refractivity contribution in [1.82, 2.24) is 19.5 Å². The number of para-hydroxylation sites is 1. The molecule has 2 aliphatic rings. The molecule has 0 unspecified atom stereocenters. The Morgan fingerprint density at radius 1 is 0.886 bits per heavy atom. The highest BCUT2D eigenvalue weighted by Crippen LogP contribution is 2.30. The Labute approximate surface area is 207 Å². The number of nitrogens with zero attached hydrogens (tertiary/aromatic N) is 6. The van der Waals surface area contributed by atoms with Crippen LogP contribution in [0.4, 0.5) is 15.2 Å². The van der Waals surface area contributed by atoms with E-state index in [1.807, 2.05) is 17.2 Å². The zero-order chi connectivity index (χ0) is 23.8. The van der Waals surface area contributed by atoms with E-state index in [4.69, 9.17) is 5.10 Å². The van der Waals surface area contributed by atoms with Crippen LogP contribution in [0.3, 0.4) is 0 Å². The van der Waals surface area contributed by atoms with Gasteiger partial charge in [0.15, 0.2) is 0 Å². The Bertz CT molecular complexity index is 1270. The number of benzene rings is 2. The van der Waals surface area contributed by atoms with Crippen molar-refractivity contribution < 1.29 is 9.18 Å². The van der Waals surface area contributed by atoms with Crippen LogP contribution in [-0.2, 0) is 4.79 Å². The maximum atomic E-state index is 13.2. The number of anilines is 2. The first-order valence-corrected chi connectivity index (χ1v) is 12.9. The number of carbonyl (C=O) groups is 1. The molecule has 35 heavy (non-hydrogen) atoms. The number of aromatic nitrogens is 3. The highest BCUT2D eigenvalue weighted by molar-refractivity contribution is 7.20. The number of piperazine rings is 1. The minimum Gasteiger partial charge on any atom is -0.368 e. The van der Waals surface area contributed by atoms with Gasteiger partial charge >= 0.3 is 0 Å². The Kier molecular flexibility index (Phi) is 5.85. The number of hydrogen-bond donors (Lipinski definition) is 0. The zero-order valence-corrected chi connectivity index (χ0v) is 20.2. The molecule has 9 heteroatoms. The van der Waals surface area contributed by atoms with Crippen LogP contribution in [0.1, 0.15) is 12.8 Å². The van der Waals surface area contributed by atoms with Gasteiger partial charge in [-0.05, 0) is 49.2 Å². The standard InChI is InChI=1S/C26H27FN6OS/c27-21-8-6-19(7-9-21)23-18-33-25(28-23)35-26(29-33)32-12-10-20(11-13-32)24(34)31-16-14-30(15-17-31)22-4-2-1-3-5-22/h1-9,18,20H,10-17H2. The lowest BCUT2D eigenvalue weighted by molar-refractivity contribution is -0.136. The first-order valence-electron chi connectivity index (χ1n) is 12.1. The molecule has 0 spiro atoms. The van der Waals surface area contributed by atoms with E-state index in [1.54, 1.807) is 28.0 Å². The minimum absolute atomic E-state index is 0.0867. The number of hydrogen-bond acceptors (Lipinski definition) is 6. The molecule has 4 heterocycles. The second-order valence-electron chi connectivity index (χ2n) is 9.15. The molecule has 6 rings (SSSR count). The Balaban J connectivity index is 1.04. The molecule has 2 fully saturated rings. The summed E-state index contributed by atoms with van der Waals surface area (Å²) < 4.78 is 15.0. The fourth-order valence-electron chi connectivity index (χ4n) is 4.98. The molecule has 1 amide bonds. The molecular weight excluding hydrogens is 463 g/mol. The van der Waals surface area contributed by atoms with Gasteiger partial charge in [0.2, 0.25) is 16.0 Å². The van der Waals surface area contributed by atoms with Gasteiger partial charge in [0.1, 0.15) is 5.82 Å². The molecule has 4 aromatic rings. The third-order valence-electron chi connectivity index (χ3n) is 7.00. The molecule has 0 N–H and O–H groups in total. The summed E-state index contributed by atoms with van der Waals surface area (Å²) in [5, 5.41) is 5.65. The van der Waals surface area contributed by atoms with Gasteiger partial charge in [0, 0.05) is 56.4 Å². The van der Waals surface area contributed by atoms with Crippen LogP contribution in [0.25, 0.3) is 16.2 Å². The van der Waals surface area contributed by atoms with Gasteiger partial charge in [-0.25, -0.2) is 13.9 Å². The van der Waals surface area contributed by atoms with E-state index in [0.717, 1.165) is 73.5 Å². The normalized spacial score (nSPS) is 17.3. The molecule has 0 atom stereocenters. The number of imidazole rings is 1. The maximum Gasteiger partial charge on any atom is 0.225 e. The molecule has 7 nitrogen and oxygen atoms in total. The van der Waals surface area contributed by atoms with Crippen LogP contribution in [0.2, 0.25) is 0 Å². The van der Waals surface area contributed by atoms with Gasteiger partial charge in [-0.15, -0.1) is 5.10 Å². The molecule has 2 aromatic carbocycles. The number of rotatable bonds is 4. The second kappa shape index (κ2) is 9.30. The zero-order valence-electron chi connectivity index (χ0n) is 19.4. The summed E-state index contributed by atoms with van der Waals surface area (Å²) in [5.41, 5.74) is 2.88. The van der Waals surface area contributed by atoms with Crippen LogP contribution in [0.15, 0.2) is 60.8 Å². The van der Waals surface area contributed by atoms with E-state index in [2.05, 4.69) is 39.0 Å². The number of halogens is 1. The SMILES string of the molecule is O=C(C1CCN(c2nn3cc(-c4ccc(F)cc4)nc3s2)CC1)N1CCN(c2ccccc2)CC1. The van der Waals surface area contributed by atoms with Crippen LogP contribution >= 0.6 is 11.3 Å². The number of piperidine rings is 1. The molecule has 2 aromatic heterocycles. The average molecular weight is 491 g/mol. The fourth-order valence-corrected chi connectivity index (χ4v) is 5.91. The van der Waals surface area contributed by atoms with Gasteiger partial charge in [-0.3, -0.25) is 4.79 Å². The number of carbonyl (C=O) groups excluding carboxylic acids is 1. The van der Waals surface area contributed by atoms with Crippen molar-refractivity contribution in [1.29, 1.82) is 0 Å². The topological polar surface area (TPSA) is 57.0 Å². The number of amides is 1. The fraction of sp³-hybridized carbons (Fsp3) is 0.346. The summed E-state index contributed by atoms with van der Waals surface area (Å²) in [7, 11) is 0. The second-order valence-corrected chi connectivity index (χ2v) is 10.1. The van der Waals surface area contributed by atoms with E-state index < -0.39 is 0 Å². The molecule has 0 aliphatic carbocycles. The lowest BCUT2D eigenvalue weighted by atomic mass is 9.95. The van der Waals surface area contributed by atoms with Gasteiger partial charge in [-0.1, -0.05) is 29.5 Å². The van der Waals surface area contributed by atoms with Crippen molar-refractivity contribution in [3.05, 3.63) is 66.6 Å². The predicted molar refractivity (Wildman–Crippen MR) is 136 cm³/mol. The van der Waals surface area contributed by atoms with Crippen LogP contribution < -0.4 is 9.80 Å². The molecule has 0 saturated carbocycles. The van der Waals surface area contributed by atoms with E-state index in [-0.39, 0.29) is 11.7 Å². The van der Waals surface area contributed by atoms with Crippen molar-refractivity contribution in [3.8, 4) is 11.3 Å². The summed E-state index contributed by atoms with van der Waals surface area (Å²) in [4.78, 5) is 25.3. The Hall–Kier alpha value is -3.46. The minimum atomic E-state index is -0.258. The molecule has 0 bridgehead atoms. The van der Waals surface area contributed by atoms with E-state index in [1.165, 1.54) is 17.8 Å². The predicted octanol–water partition coefficient (Wildman–Crippen LogP) is 4.16. The summed E-state index contributed by atoms with van der Waals surface area (Å²) >= 11 is 1.55. The summed E-state index contributed by atoms with van der Waals surface area (Å²) in [6.07, 6.45) is 3.58. The van der Waals surface area contributed by atoms with Gasteiger partial charge in [0.25, 0.3) is 0 Å².